The molecule has 1 aliphatic heterocycles. The molecular weight excluding hydrogens is 224 g/mol. The van der Waals surface area contributed by atoms with E-state index in [1.807, 2.05) is 12.1 Å². The Balaban J connectivity index is 2.24. The highest BCUT2D eigenvalue weighted by molar-refractivity contribution is 6.31. The predicted octanol–water partition coefficient (Wildman–Crippen LogP) is 2.59. The molecule has 0 bridgehead atoms. The Morgan fingerprint density at radius 3 is 2.81 bits per heavy atom. The standard InChI is InChI=1S/C12H17ClN2O/c1-16-14-9-10-11(13)5-4-6-12(10)15-7-2-3-8-15/h4-6,14H,2-3,7-9H2,1H3. The molecule has 0 aromatic heterocycles. The highest BCUT2D eigenvalue weighted by Crippen LogP contribution is 2.29. The summed E-state index contributed by atoms with van der Waals surface area (Å²) in [5.41, 5.74) is 5.21. The number of halogens is 1. The van der Waals surface area contributed by atoms with Crippen LogP contribution in [-0.2, 0) is 11.4 Å². The van der Waals surface area contributed by atoms with Gasteiger partial charge in [0.1, 0.15) is 0 Å². The van der Waals surface area contributed by atoms with E-state index in [4.69, 9.17) is 16.4 Å². The number of nitrogens with one attached hydrogen (secondary N) is 1. The molecule has 4 heteroatoms. The Hall–Kier alpha value is -0.770. The van der Waals surface area contributed by atoms with Crippen molar-refractivity contribution >= 4 is 17.3 Å². The van der Waals surface area contributed by atoms with Crippen molar-refractivity contribution in [2.45, 2.75) is 19.4 Å². The van der Waals surface area contributed by atoms with E-state index in [-0.39, 0.29) is 0 Å². The maximum absolute atomic E-state index is 6.22. The molecule has 2 rings (SSSR count). The van der Waals surface area contributed by atoms with E-state index in [1.165, 1.54) is 18.5 Å². The van der Waals surface area contributed by atoms with Gasteiger partial charge in [-0.15, -0.1) is 0 Å². The molecule has 0 aliphatic carbocycles. The molecule has 1 aromatic carbocycles. The fraction of sp³-hybridized carbons (Fsp3) is 0.500. The van der Waals surface area contributed by atoms with Gasteiger partial charge >= 0.3 is 0 Å². The van der Waals surface area contributed by atoms with Crippen LogP contribution in [0.2, 0.25) is 5.02 Å². The summed E-state index contributed by atoms with van der Waals surface area (Å²) in [6.45, 7) is 2.89. The number of hydroxylamine groups is 1. The lowest BCUT2D eigenvalue weighted by atomic mass is 10.1. The molecule has 0 saturated carbocycles. The smallest absolute Gasteiger partial charge is 0.0572 e. The summed E-state index contributed by atoms with van der Waals surface area (Å²) in [6.07, 6.45) is 2.54. The summed E-state index contributed by atoms with van der Waals surface area (Å²) in [6, 6.07) is 6.06. The van der Waals surface area contributed by atoms with Gasteiger partial charge in [-0.1, -0.05) is 17.7 Å². The second kappa shape index (κ2) is 5.53. The zero-order valence-corrected chi connectivity index (χ0v) is 10.3. The molecule has 1 aliphatic rings. The van der Waals surface area contributed by atoms with Crippen molar-refractivity contribution in [1.29, 1.82) is 0 Å². The van der Waals surface area contributed by atoms with Crippen LogP contribution in [0.3, 0.4) is 0 Å². The highest BCUT2D eigenvalue weighted by Gasteiger charge is 2.16. The molecule has 0 unspecified atom stereocenters. The largest absolute Gasteiger partial charge is 0.371 e. The van der Waals surface area contributed by atoms with Gasteiger partial charge in [-0.3, -0.25) is 0 Å². The average Bonchev–Trinajstić information content (AvgIpc) is 2.80. The van der Waals surface area contributed by atoms with Crippen molar-refractivity contribution in [3.05, 3.63) is 28.8 Å². The van der Waals surface area contributed by atoms with Gasteiger partial charge < -0.3 is 9.74 Å². The van der Waals surface area contributed by atoms with Crippen LogP contribution < -0.4 is 10.4 Å². The molecule has 1 fully saturated rings. The molecule has 88 valence electrons. The van der Waals surface area contributed by atoms with E-state index in [2.05, 4.69) is 16.4 Å². The van der Waals surface area contributed by atoms with Gasteiger partial charge in [0.15, 0.2) is 0 Å². The molecule has 0 amide bonds. The molecule has 0 atom stereocenters. The van der Waals surface area contributed by atoms with Gasteiger partial charge in [-0.25, -0.2) is 0 Å². The maximum atomic E-state index is 6.22. The first-order chi connectivity index (χ1) is 7.83. The summed E-state index contributed by atoms with van der Waals surface area (Å²) in [5.74, 6) is 0. The van der Waals surface area contributed by atoms with Crippen molar-refractivity contribution < 1.29 is 4.84 Å². The monoisotopic (exact) mass is 240 g/mol. The van der Waals surface area contributed by atoms with E-state index in [0.717, 1.165) is 23.7 Å². The highest BCUT2D eigenvalue weighted by atomic mass is 35.5. The van der Waals surface area contributed by atoms with Crippen molar-refractivity contribution in [3.63, 3.8) is 0 Å². The zero-order valence-electron chi connectivity index (χ0n) is 9.50. The zero-order chi connectivity index (χ0) is 11.4. The number of hydrogen-bond donors (Lipinski definition) is 1. The fourth-order valence-corrected chi connectivity index (χ4v) is 2.36. The lowest BCUT2D eigenvalue weighted by Crippen LogP contribution is -2.21. The third-order valence-electron chi connectivity index (χ3n) is 2.93. The van der Waals surface area contributed by atoms with Crippen molar-refractivity contribution in [3.8, 4) is 0 Å². The van der Waals surface area contributed by atoms with Crippen molar-refractivity contribution in [2.75, 3.05) is 25.1 Å². The lowest BCUT2D eigenvalue weighted by molar-refractivity contribution is 0.0868. The molecule has 3 nitrogen and oxygen atoms in total. The molecule has 0 radical (unpaired) electrons. The number of hydrogen-bond acceptors (Lipinski definition) is 3. The number of anilines is 1. The first kappa shape index (κ1) is 11.7. The summed E-state index contributed by atoms with van der Waals surface area (Å²) in [4.78, 5) is 7.28. The third kappa shape index (κ3) is 2.48. The summed E-state index contributed by atoms with van der Waals surface area (Å²) in [7, 11) is 1.62. The van der Waals surface area contributed by atoms with Crippen LogP contribution in [0.25, 0.3) is 0 Å². The number of nitrogens with zero attached hydrogens (tertiary/aromatic N) is 1. The Kier molecular flexibility index (Phi) is 4.04. The molecule has 1 N–H and O–H groups in total. The van der Waals surface area contributed by atoms with Gasteiger partial charge in [-0.2, -0.15) is 5.48 Å². The lowest BCUT2D eigenvalue weighted by Gasteiger charge is -2.22. The van der Waals surface area contributed by atoms with Gasteiger partial charge in [0.05, 0.1) is 7.11 Å². The van der Waals surface area contributed by atoms with Crippen LogP contribution in [0, 0.1) is 0 Å². The predicted molar refractivity (Wildman–Crippen MR) is 66.7 cm³/mol. The van der Waals surface area contributed by atoms with E-state index < -0.39 is 0 Å². The molecule has 1 saturated heterocycles. The van der Waals surface area contributed by atoms with Crippen LogP contribution in [0.5, 0.6) is 0 Å². The Morgan fingerprint density at radius 1 is 1.38 bits per heavy atom. The Labute approximate surface area is 101 Å². The second-order valence-electron chi connectivity index (χ2n) is 3.96. The van der Waals surface area contributed by atoms with Crippen LogP contribution in [0.4, 0.5) is 5.69 Å². The minimum Gasteiger partial charge on any atom is -0.371 e. The summed E-state index contributed by atoms with van der Waals surface area (Å²) in [5, 5.41) is 0.800. The van der Waals surface area contributed by atoms with E-state index in [1.54, 1.807) is 7.11 Å². The first-order valence-electron chi connectivity index (χ1n) is 5.61. The fourth-order valence-electron chi connectivity index (χ4n) is 2.12. The first-order valence-corrected chi connectivity index (χ1v) is 5.99. The maximum Gasteiger partial charge on any atom is 0.0572 e. The van der Waals surface area contributed by atoms with Gasteiger partial charge in [0, 0.05) is 35.9 Å². The van der Waals surface area contributed by atoms with E-state index in [9.17, 15) is 0 Å². The molecule has 16 heavy (non-hydrogen) atoms. The van der Waals surface area contributed by atoms with Gasteiger partial charge in [0.25, 0.3) is 0 Å². The van der Waals surface area contributed by atoms with Crippen molar-refractivity contribution in [2.24, 2.45) is 0 Å². The quantitative estimate of drug-likeness (QED) is 0.819. The minimum absolute atomic E-state index is 0.641. The number of benzene rings is 1. The van der Waals surface area contributed by atoms with Crippen LogP contribution in [-0.4, -0.2) is 20.2 Å². The molecule has 1 heterocycles. The van der Waals surface area contributed by atoms with Crippen LogP contribution >= 0.6 is 11.6 Å². The van der Waals surface area contributed by atoms with Gasteiger partial charge in [-0.05, 0) is 25.0 Å². The molecule has 1 aromatic rings. The Bertz CT molecular complexity index is 351. The van der Waals surface area contributed by atoms with E-state index >= 15 is 0 Å². The second-order valence-corrected chi connectivity index (χ2v) is 4.36. The molecule has 0 spiro atoms. The topological polar surface area (TPSA) is 24.5 Å². The molecular formula is C12H17ClN2O. The van der Waals surface area contributed by atoms with E-state index in [0.29, 0.717) is 6.54 Å². The summed E-state index contributed by atoms with van der Waals surface area (Å²) < 4.78 is 0. The minimum atomic E-state index is 0.641. The Morgan fingerprint density at radius 2 is 2.12 bits per heavy atom. The third-order valence-corrected chi connectivity index (χ3v) is 3.29. The normalized spacial score (nSPS) is 15.8. The number of rotatable bonds is 4. The van der Waals surface area contributed by atoms with Crippen LogP contribution in [0.1, 0.15) is 18.4 Å². The van der Waals surface area contributed by atoms with Crippen molar-refractivity contribution in [1.82, 2.24) is 5.48 Å². The van der Waals surface area contributed by atoms with Gasteiger partial charge in [0.2, 0.25) is 0 Å². The average molecular weight is 241 g/mol. The van der Waals surface area contributed by atoms with Crippen LogP contribution in [0.15, 0.2) is 18.2 Å². The SMILES string of the molecule is CONCc1c(Cl)cccc1N1CCCC1. The summed E-state index contributed by atoms with van der Waals surface area (Å²) >= 11 is 6.22.